The number of carbonyl (C=O) groups excluding carboxylic acids is 1. The van der Waals surface area contributed by atoms with Crippen LogP contribution >= 0.6 is 11.6 Å². The van der Waals surface area contributed by atoms with E-state index in [4.69, 9.17) is 11.6 Å². The molecule has 0 unspecified atom stereocenters. The van der Waals surface area contributed by atoms with E-state index < -0.39 is 0 Å². The van der Waals surface area contributed by atoms with Crippen LogP contribution in [0.5, 0.6) is 0 Å². The molecule has 0 aliphatic rings. The molecule has 9 nitrogen and oxygen atoms in total. The fraction of sp³-hybridized carbons (Fsp3) is 0.455. The van der Waals surface area contributed by atoms with Crippen LogP contribution in [0.1, 0.15) is 20.8 Å². The minimum Gasteiger partial charge on any atom is -0.350 e. The summed E-state index contributed by atoms with van der Waals surface area (Å²) in [5.74, 6) is 0.220. The maximum absolute atomic E-state index is 11.7. The van der Waals surface area contributed by atoms with Gasteiger partial charge in [-0.3, -0.25) is 4.79 Å². The van der Waals surface area contributed by atoms with E-state index in [9.17, 15) is 4.79 Å². The Morgan fingerprint density at radius 2 is 2.10 bits per heavy atom. The van der Waals surface area contributed by atoms with Crippen LogP contribution in [0.15, 0.2) is 12.7 Å². The van der Waals surface area contributed by atoms with Crippen LogP contribution in [0.2, 0.25) is 5.28 Å². The molecule has 0 aromatic carbocycles. The molecule has 21 heavy (non-hydrogen) atoms. The lowest BCUT2D eigenvalue weighted by atomic mass is 10.1. The maximum Gasteiger partial charge on any atom is 0.258 e. The van der Waals surface area contributed by atoms with Gasteiger partial charge in [-0.05, 0) is 32.4 Å². The number of aromatic nitrogens is 6. The second-order valence-corrected chi connectivity index (χ2v) is 5.56. The van der Waals surface area contributed by atoms with Gasteiger partial charge >= 0.3 is 0 Å². The van der Waals surface area contributed by atoms with Crippen molar-refractivity contribution in [3.8, 4) is 5.95 Å². The van der Waals surface area contributed by atoms with Crippen LogP contribution in [0.25, 0.3) is 5.95 Å². The predicted octanol–water partition coefficient (Wildman–Crippen LogP) is 0.432. The van der Waals surface area contributed by atoms with Gasteiger partial charge in [0, 0.05) is 5.54 Å². The first-order valence-corrected chi connectivity index (χ1v) is 6.53. The molecule has 0 bridgehead atoms. The van der Waals surface area contributed by atoms with Gasteiger partial charge in [0.25, 0.3) is 5.95 Å². The molecular weight excluding hydrogens is 296 g/mol. The monoisotopic (exact) mass is 310 g/mol. The van der Waals surface area contributed by atoms with Gasteiger partial charge in [-0.25, -0.2) is 4.98 Å². The zero-order valence-electron chi connectivity index (χ0n) is 11.8. The van der Waals surface area contributed by atoms with Crippen LogP contribution in [0.4, 0.5) is 5.95 Å². The molecule has 0 aliphatic carbocycles. The fourth-order valence-corrected chi connectivity index (χ4v) is 1.61. The number of hydrogen-bond acceptors (Lipinski definition) is 7. The molecular formula is C11H15ClN8O. The molecule has 0 saturated carbocycles. The van der Waals surface area contributed by atoms with Gasteiger partial charge < -0.3 is 10.6 Å². The minimum atomic E-state index is -0.304. The molecule has 0 fully saturated rings. The van der Waals surface area contributed by atoms with E-state index in [-0.39, 0.29) is 35.2 Å². The maximum atomic E-state index is 11.7. The van der Waals surface area contributed by atoms with Crippen LogP contribution in [-0.4, -0.2) is 47.7 Å². The summed E-state index contributed by atoms with van der Waals surface area (Å²) < 4.78 is 1.34. The Morgan fingerprint density at radius 3 is 2.71 bits per heavy atom. The van der Waals surface area contributed by atoms with Crippen molar-refractivity contribution in [3.63, 3.8) is 0 Å². The lowest BCUT2D eigenvalue weighted by Gasteiger charge is -2.20. The first-order chi connectivity index (χ1) is 9.83. The Hall–Kier alpha value is -2.29. The Bertz CT molecular complexity index is 622. The highest BCUT2D eigenvalue weighted by atomic mass is 35.5. The van der Waals surface area contributed by atoms with Crippen molar-refractivity contribution in [1.29, 1.82) is 0 Å². The number of nitrogens with zero attached hydrogens (tertiary/aromatic N) is 6. The van der Waals surface area contributed by atoms with Crippen LogP contribution in [-0.2, 0) is 4.79 Å². The van der Waals surface area contributed by atoms with E-state index in [1.807, 2.05) is 20.8 Å². The topological polar surface area (TPSA) is 111 Å². The van der Waals surface area contributed by atoms with E-state index >= 15 is 0 Å². The predicted molar refractivity (Wildman–Crippen MR) is 76.1 cm³/mol. The van der Waals surface area contributed by atoms with Crippen molar-refractivity contribution in [1.82, 2.24) is 35.0 Å². The summed E-state index contributed by atoms with van der Waals surface area (Å²) in [6, 6.07) is 0. The Kier molecular flexibility index (Phi) is 4.32. The number of carbonyl (C=O) groups is 1. The van der Waals surface area contributed by atoms with Gasteiger partial charge in [0.05, 0.1) is 6.54 Å². The average molecular weight is 311 g/mol. The van der Waals surface area contributed by atoms with E-state index in [1.165, 1.54) is 17.3 Å². The summed E-state index contributed by atoms with van der Waals surface area (Å²) in [6.07, 6.45) is 2.78. The molecule has 1 amide bonds. The summed E-state index contributed by atoms with van der Waals surface area (Å²) in [6.45, 7) is 5.71. The lowest BCUT2D eigenvalue weighted by molar-refractivity contribution is -0.120. The van der Waals surface area contributed by atoms with E-state index in [1.54, 1.807) is 0 Å². The zero-order chi connectivity index (χ0) is 15.5. The highest BCUT2D eigenvalue weighted by Gasteiger charge is 2.14. The smallest absolute Gasteiger partial charge is 0.258 e. The third kappa shape index (κ3) is 4.63. The quantitative estimate of drug-likeness (QED) is 0.842. The Labute approximate surface area is 126 Å². The fourth-order valence-electron chi connectivity index (χ4n) is 1.45. The second-order valence-electron chi connectivity index (χ2n) is 5.22. The SMILES string of the molecule is CC(C)(C)NC(=O)CNc1nc(Cl)nc(-n2cncn2)n1. The van der Waals surface area contributed by atoms with Crippen LogP contribution in [0, 0.1) is 0 Å². The average Bonchev–Trinajstić information content (AvgIpc) is 2.87. The van der Waals surface area contributed by atoms with E-state index in [0.717, 1.165) is 0 Å². The molecule has 0 atom stereocenters. The number of amides is 1. The van der Waals surface area contributed by atoms with Gasteiger partial charge in [-0.2, -0.15) is 24.7 Å². The van der Waals surface area contributed by atoms with Crippen LogP contribution < -0.4 is 10.6 Å². The van der Waals surface area contributed by atoms with Crippen molar-refractivity contribution < 1.29 is 4.79 Å². The summed E-state index contributed by atoms with van der Waals surface area (Å²) in [5.41, 5.74) is -0.304. The normalized spacial score (nSPS) is 11.2. The highest BCUT2D eigenvalue weighted by molar-refractivity contribution is 6.28. The Morgan fingerprint density at radius 1 is 1.33 bits per heavy atom. The molecule has 112 valence electrons. The van der Waals surface area contributed by atoms with Gasteiger partial charge in [0.2, 0.25) is 17.1 Å². The lowest BCUT2D eigenvalue weighted by Crippen LogP contribution is -2.43. The summed E-state index contributed by atoms with van der Waals surface area (Å²) in [5, 5.41) is 9.50. The van der Waals surface area contributed by atoms with Gasteiger partial charge in [0.1, 0.15) is 12.7 Å². The molecule has 2 aromatic heterocycles. The first-order valence-electron chi connectivity index (χ1n) is 6.15. The second kappa shape index (κ2) is 6.00. The van der Waals surface area contributed by atoms with Gasteiger partial charge in [-0.1, -0.05) is 0 Å². The molecule has 2 rings (SSSR count). The summed E-state index contributed by atoms with van der Waals surface area (Å²) in [4.78, 5) is 27.5. The third-order valence-electron chi connectivity index (χ3n) is 2.14. The van der Waals surface area contributed by atoms with Crippen molar-refractivity contribution in [3.05, 3.63) is 17.9 Å². The molecule has 10 heteroatoms. The molecule has 0 spiro atoms. The van der Waals surface area contributed by atoms with E-state index in [0.29, 0.717) is 0 Å². The Balaban J connectivity index is 2.06. The molecule has 0 aliphatic heterocycles. The molecule has 2 aromatic rings. The van der Waals surface area contributed by atoms with Gasteiger partial charge in [-0.15, -0.1) is 0 Å². The van der Waals surface area contributed by atoms with Crippen molar-refractivity contribution in [2.45, 2.75) is 26.3 Å². The largest absolute Gasteiger partial charge is 0.350 e. The first kappa shape index (κ1) is 15.1. The summed E-state index contributed by atoms with van der Waals surface area (Å²) in [7, 11) is 0. The van der Waals surface area contributed by atoms with Crippen molar-refractivity contribution >= 4 is 23.5 Å². The number of halogens is 1. The number of rotatable bonds is 4. The van der Waals surface area contributed by atoms with Crippen LogP contribution in [0.3, 0.4) is 0 Å². The van der Waals surface area contributed by atoms with Crippen molar-refractivity contribution in [2.75, 3.05) is 11.9 Å². The highest BCUT2D eigenvalue weighted by Crippen LogP contribution is 2.08. The number of hydrogen-bond donors (Lipinski definition) is 2. The third-order valence-corrected chi connectivity index (χ3v) is 2.31. The van der Waals surface area contributed by atoms with Gasteiger partial charge in [0.15, 0.2) is 0 Å². The molecule has 0 saturated heterocycles. The van der Waals surface area contributed by atoms with E-state index in [2.05, 4.69) is 35.7 Å². The number of nitrogens with one attached hydrogen (secondary N) is 2. The molecule has 2 N–H and O–H groups in total. The summed E-state index contributed by atoms with van der Waals surface area (Å²) >= 11 is 5.82. The minimum absolute atomic E-state index is 0.00534. The molecule has 2 heterocycles. The molecule has 0 radical (unpaired) electrons. The van der Waals surface area contributed by atoms with Crippen molar-refractivity contribution in [2.24, 2.45) is 0 Å². The zero-order valence-corrected chi connectivity index (χ0v) is 12.6. The standard InChI is InChI=1S/C11H15ClN8O/c1-11(2,3)19-7(21)4-14-9-16-8(12)17-10(18-9)20-6-13-5-15-20/h5-6H,4H2,1-3H3,(H,19,21)(H,14,16,17,18). The number of anilines is 1.